The summed E-state index contributed by atoms with van der Waals surface area (Å²) in [5.41, 5.74) is 1.85. The zero-order valence-electron chi connectivity index (χ0n) is 10.8. The lowest BCUT2D eigenvalue weighted by atomic mass is 9.98. The van der Waals surface area contributed by atoms with Gasteiger partial charge in [-0.15, -0.1) is 0 Å². The van der Waals surface area contributed by atoms with Crippen LogP contribution in [0.15, 0.2) is 24.3 Å². The number of nitrogens with one attached hydrogen (secondary N) is 1. The van der Waals surface area contributed by atoms with Crippen molar-refractivity contribution in [2.75, 3.05) is 0 Å². The molecule has 1 rings (SSSR count). The molecule has 0 spiro atoms. The number of carboxylic acid groups (broad SMARTS) is 1. The number of carboxylic acids is 1. The van der Waals surface area contributed by atoms with Crippen LogP contribution in [0, 0.1) is 6.92 Å². The van der Waals surface area contributed by atoms with Crippen molar-refractivity contribution >= 4 is 11.9 Å². The van der Waals surface area contributed by atoms with Crippen LogP contribution in [-0.2, 0) is 9.59 Å². The molecule has 0 aliphatic heterocycles. The molecule has 1 unspecified atom stereocenters. The summed E-state index contributed by atoms with van der Waals surface area (Å²) >= 11 is 0. The third-order valence-electron chi connectivity index (χ3n) is 2.75. The smallest absolute Gasteiger partial charge is 0.305 e. The molecule has 0 heterocycles. The molecule has 0 fully saturated rings. The van der Waals surface area contributed by atoms with Crippen LogP contribution in [0.3, 0.4) is 0 Å². The van der Waals surface area contributed by atoms with Crippen LogP contribution >= 0.6 is 0 Å². The van der Waals surface area contributed by atoms with Crippen LogP contribution < -0.4 is 5.32 Å². The second-order valence-corrected chi connectivity index (χ2v) is 4.32. The minimum atomic E-state index is -0.917. The Balaban J connectivity index is 2.88. The fourth-order valence-electron chi connectivity index (χ4n) is 1.88. The number of carbonyl (C=O) groups is 2. The number of aliphatic carboxylic acids is 1. The summed E-state index contributed by atoms with van der Waals surface area (Å²) in [4.78, 5) is 22.5. The SMILES string of the molecule is CCCC(=O)NC(CC(=O)O)c1ccccc1C. The van der Waals surface area contributed by atoms with Gasteiger partial charge in [-0.05, 0) is 24.5 Å². The third-order valence-corrected chi connectivity index (χ3v) is 2.75. The molecule has 4 nitrogen and oxygen atoms in total. The molecule has 0 bridgehead atoms. The largest absolute Gasteiger partial charge is 0.481 e. The lowest BCUT2D eigenvalue weighted by Gasteiger charge is -2.19. The van der Waals surface area contributed by atoms with E-state index in [1.165, 1.54) is 0 Å². The summed E-state index contributed by atoms with van der Waals surface area (Å²) in [6.45, 7) is 3.83. The Labute approximate surface area is 107 Å². The number of hydrogen-bond acceptors (Lipinski definition) is 2. The van der Waals surface area contributed by atoms with E-state index in [-0.39, 0.29) is 12.3 Å². The lowest BCUT2D eigenvalue weighted by molar-refractivity contribution is -0.137. The van der Waals surface area contributed by atoms with E-state index < -0.39 is 12.0 Å². The van der Waals surface area contributed by atoms with Gasteiger partial charge >= 0.3 is 5.97 Å². The van der Waals surface area contributed by atoms with Gasteiger partial charge in [0.15, 0.2) is 0 Å². The van der Waals surface area contributed by atoms with E-state index in [1.807, 2.05) is 38.1 Å². The van der Waals surface area contributed by atoms with E-state index in [4.69, 9.17) is 5.11 Å². The van der Waals surface area contributed by atoms with E-state index in [2.05, 4.69) is 5.32 Å². The average Bonchev–Trinajstić information content (AvgIpc) is 2.28. The monoisotopic (exact) mass is 249 g/mol. The van der Waals surface area contributed by atoms with Gasteiger partial charge in [-0.1, -0.05) is 31.2 Å². The highest BCUT2D eigenvalue weighted by molar-refractivity contribution is 5.77. The van der Waals surface area contributed by atoms with E-state index in [9.17, 15) is 9.59 Å². The summed E-state index contributed by atoms with van der Waals surface area (Å²) in [6, 6.07) is 7.06. The van der Waals surface area contributed by atoms with Crippen LogP contribution in [0.4, 0.5) is 0 Å². The summed E-state index contributed by atoms with van der Waals surface area (Å²) in [6.07, 6.45) is 1.07. The van der Waals surface area contributed by atoms with Crippen molar-refractivity contribution in [2.45, 2.75) is 39.2 Å². The second kappa shape index (κ2) is 6.79. The minimum Gasteiger partial charge on any atom is -0.481 e. The molecule has 0 radical (unpaired) electrons. The number of benzene rings is 1. The van der Waals surface area contributed by atoms with E-state index >= 15 is 0 Å². The molecular weight excluding hydrogens is 230 g/mol. The number of amides is 1. The fourth-order valence-corrected chi connectivity index (χ4v) is 1.88. The summed E-state index contributed by atoms with van der Waals surface area (Å²) < 4.78 is 0. The lowest BCUT2D eigenvalue weighted by Crippen LogP contribution is -2.30. The molecule has 1 aromatic carbocycles. The summed E-state index contributed by atoms with van der Waals surface area (Å²) in [5.74, 6) is -1.02. The number of hydrogen-bond donors (Lipinski definition) is 2. The topological polar surface area (TPSA) is 66.4 Å². The maximum Gasteiger partial charge on any atom is 0.305 e. The highest BCUT2D eigenvalue weighted by Crippen LogP contribution is 2.20. The molecule has 18 heavy (non-hydrogen) atoms. The third kappa shape index (κ3) is 4.20. The first-order chi connectivity index (χ1) is 8.54. The molecule has 0 saturated carbocycles. The highest BCUT2D eigenvalue weighted by Gasteiger charge is 2.18. The summed E-state index contributed by atoms with van der Waals surface area (Å²) in [5, 5.41) is 11.7. The van der Waals surface area contributed by atoms with Crippen LogP contribution in [0.5, 0.6) is 0 Å². The van der Waals surface area contributed by atoms with Crippen LogP contribution in [-0.4, -0.2) is 17.0 Å². The van der Waals surface area contributed by atoms with Gasteiger partial charge in [0.2, 0.25) is 5.91 Å². The molecule has 4 heteroatoms. The van der Waals surface area contributed by atoms with Gasteiger partial charge in [-0.2, -0.15) is 0 Å². The zero-order valence-corrected chi connectivity index (χ0v) is 10.8. The number of aryl methyl sites for hydroxylation is 1. The van der Waals surface area contributed by atoms with Crippen molar-refractivity contribution in [3.05, 3.63) is 35.4 Å². The molecule has 0 aromatic heterocycles. The van der Waals surface area contributed by atoms with Gasteiger partial charge in [-0.3, -0.25) is 9.59 Å². The Bertz CT molecular complexity index is 429. The molecule has 1 atom stereocenters. The molecule has 0 saturated heterocycles. The number of carbonyl (C=O) groups excluding carboxylic acids is 1. The van der Waals surface area contributed by atoms with Crippen molar-refractivity contribution in [1.82, 2.24) is 5.32 Å². The van der Waals surface area contributed by atoms with E-state index in [1.54, 1.807) is 0 Å². The average molecular weight is 249 g/mol. The van der Waals surface area contributed by atoms with Crippen molar-refractivity contribution in [1.29, 1.82) is 0 Å². The van der Waals surface area contributed by atoms with Gasteiger partial charge in [0, 0.05) is 6.42 Å². The van der Waals surface area contributed by atoms with Gasteiger partial charge in [0.1, 0.15) is 0 Å². The molecule has 1 amide bonds. The first-order valence-electron chi connectivity index (χ1n) is 6.11. The van der Waals surface area contributed by atoms with Crippen LogP contribution in [0.1, 0.15) is 43.4 Å². The maximum atomic E-state index is 11.6. The van der Waals surface area contributed by atoms with Gasteiger partial charge in [0.05, 0.1) is 12.5 Å². The predicted octanol–water partition coefficient (Wildman–Crippen LogP) is 2.43. The first-order valence-corrected chi connectivity index (χ1v) is 6.11. The minimum absolute atomic E-state index is 0.0969. The highest BCUT2D eigenvalue weighted by atomic mass is 16.4. The molecule has 98 valence electrons. The molecule has 0 aliphatic carbocycles. The molecule has 2 N–H and O–H groups in total. The maximum absolute atomic E-state index is 11.6. The van der Waals surface area contributed by atoms with Gasteiger partial charge in [-0.25, -0.2) is 0 Å². The number of rotatable bonds is 6. The fraction of sp³-hybridized carbons (Fsp3) is 0.429. The Morgan fingerprint density at radius 2 is 2.00 bits per heavy atom. The van der Waals surface area contributed by atoms with Crippen molar-refractivity contribution in [3.63, 3.8) is 0 Å². The van der Waals surface area contributed by atoms with Crippen molar-refractivity contribution in [3.8, 4) is 0 Å². The van der Waals surface area contributed by atoms with Gasteiger partial charge < -0.3 is 10.4 Å². The van der Waals surface area contributed by atoms with E-state index in [0.29, 0.717) is 6.42 Å². The van der Waals surface area contributed by atoms with Crippen LogP contribution in [0.25, 0.3) is 0 Å². The predicted molar refractivity (Wildman–Crippen MR) is 69.2 cm³/mol. The Morgan fingerprint density at radius 1 is 1.33 bits per heavy atom. The zero-order chi connectivity index (χ0) is 13.5. The molecule has 0 aliphatic rings. The Kier molecular flexibility index (Phi) is 5.36. The quantitative estimate of drug-likeness (QED) is 0.813. The van der Waals surface area contributed by atoms with E-state index in [0.717, 1.165) is 17.5 Å². The standard InChI is InChI=1S/C14H19NO3/c1-3-6-13(16)15-12(9-14(17)18)11-8-5-4-7-10(11)2/h4-5,7-8,12H,3,6,9H2,1-2H3,(H,15,16)(H,17,18). The summed E-state index contributed by atoms with van der Waals surface area (Å²) in [7, 11) is 0. The van der Waals surface area contributed by atoms with Gasteiger partial charge in [0.25, 0.3) is 0 Å². The Hall–Kier alpha value is -1.84. The molecular formula is C14H19NO3. The Morgan fingerprint density at radius 3 is 2.56 bits per heavy atom. The van der Waals surface area contributed by atoms with Crippen molar-refractivity contribution in [2.24, 2.45) is 0 Å². The van der Waals surface area contributed by atoms with Crippen molar-refractivity contribution < 1.29 is 14.7 Å². The first kappa shape index (κ1) is 14.2. The molecule has 1 aromatic rings. The normalized spacial score (nSPS) is 11.9. The van der Waals surface area contributed by atoms with Crippen LogP contribution in [0.2, 0.25) is 0 Å². The second-order valence-electron chi connectivity index (χ2n) is 4.32.